The number of tetrazole rings is 1. The Morgan fingerprint density at radius 1 is 0.930 bits per heavy atom. The number of alkyl halides is 2. The number of pyridine rings is 1. The number of aromatic nitrogens is 9. The highest BCUT2D eigenvalue weighted by Crippen LogP contribution is 2.29. The minimum atomic E-state index is -2.89. The Kier molecular flexibility index (Phi) is 6.82. The summed E-state index contributed by atoms with van der Waals surface area (Å²) in [6.45, 7) is -1.16. The number of benzene rings is 2. The lowest BCUT2D eigenvalue weighted by Gasteiger charge is -2.38. The largest absolute Gasteiger partial charge is 0.436 e. The van der Waals surface area contributed by atoms with Crippen LogP contribution in [0.1, 0.15) is 34.5 Å². The van der Waals surface area contributed by atoms with Crippen molar-refractivity contribution in [2.75, 3.05) is 26.2 Å². The Hall–Kier alpha value is -5.44. The van der Waals surface area contributed by atoms with Crippen molar-refractivity contribution in [3.8, 4) is 17.1 Å². The molecule has 43 heavy (non-hydrogen) atoms. The van der Waals surface area contributed by atoms with Gasteiger partial charge in [0.2, 0.25) is 5.89 Å². The number of rotatable bonds is 7. The van der Waals surface area contributed by atoms with E-state index in [-0.39, 0.29) is 17.4 Å². The van der Waals surface area contributed by atoms with Crippen LogP contribution in [-0.4, -0.2) is 86.8 Å². The molecule has 13 nitrogen and oxygen atoms in total. The SMILES string of the molecule is O=C(c1cc(-c2nc3cc(-n4cnnc4)ccc3o2)ccn1)N1CCN(C(c2ccccc2)c2nnn(C(F)F)n2)CC1. The lowest BCUT2D eigenvalue weighted by Crippen LogP contribution is -2.50. The fraction of sp³-hybridized carbons (Fsp3) is 0.214. The summed E-state index contributed by atoms with van der Waals surface area (Å²) in [5, 5.41) is 19.0. The summed E-state index contributed by atoms with van der Waals surface area (Å²) >= 11 is 0. The van der Waals surface area contributed by atoms with Crippen molar-refractivity contribution in [3.05, 3.63) is 96.6 Å². The van der Waals surface area contributed by atoms with Crippen molar-refractivity contribution < 1.29 is 18.0 Å². The van der Waals surface area contributed by atoms with Gasteiger partial charge < -0.3 is 9.32 Å². The lowest BCUT2D eigenvalue weighted by atomic mass is 10.0. The Balaban J connectivity index is 1.08. The van der Waals surface area contributed by atoms with Gasteiger partial charge in [-0.2, -0.15) is 8.78 Å². The second kappa shape index (κ2) is 11.1. The Bertz CT molecular complexity index is 1870. The molecule has 1 amide bonds. The van der Waals surface area contributed by atoms with Crippen molar-refractivity contribution in [3.63, 3.8) is 0 Å². The summed E-state index contributed by atoms with van der Waals surface area (Å²) in [5.74, 6) is 0.311. The van der Waals surface area contributed by atoms with Crippen LogP contribution < -0.4 is 0 Å². The third-order valence-electron chi connectivity index (χ3n) is 7.26. The molecule has 1 aliphatic rings. The minimum Gasteiger partial charge on any atom is -0.436 e. The molecule has 0 radical (unpaired) electrons. The molecular formula is C28H23F2N11O2. The van der Waals surface area contributed by atoms with Gasteiger partial charge in [-0.25, -0.2) is 4.98 Å². The molecule has 1 aliphatic heterocycles. The number of hydrogen-bond acceptors (Lipinski definition) is 10. The first-order valence-electron chi connectivity index (χ1n) is 13.4. The molecule has 1 saturated heterocycles. The van der Waals surface area contributed by atoms with Gasteiger partial charge in [-0.05, 0) is 41.1 Å². The van der Waals surface area contributed by atoms with Crippen LogP contribution >= 0.6 is 0 Å². The van der Waals surface area contributed by atoms with Crippen molar-refractivity contribution in [2.45, 2.75) is 12.6 Å². The van der Waals surface area contributed by atoms with E-state index in [1.54, 1.807) is 40.5 Å². The quantitative estimate of drug-likeness (QED) is 0.275. The molecule has 0 N–H and O–H groups in total. The first kappa shape index (κ1) is 26.5. The van der Waals surface area contributed by atoms with Gasteiger partial charge in [0.25, 0.3) is 5.91 Å². The van der Waals surface area contributed by atoms with E-state index in [4.69, 9.17) is 4.42 Å². The minimum absolute atomic E-state index is 0.174. The summed E-state index contributed by atoms with van der Waals surface area (Å²) in [6.07, 6.45) is 4.75. The van der Waals surface area contributed by atoms with E-state index < -0.39 is 12.6 Å². The zero-order valence-electron chi connectivity index (χ0n) is 22.5. The second-order valence-electron chi connectivity index (χ2n) is 9.86. The number of carbonyl (C=O) groups is 1. The molecule has 2 aromatic carbocycles. The van der Waals surface area contributed by atoms with Crippen LogP contribution in [0.2, 0.25) is 0 Å². The number of oxazole rings is 1. The number of halogens is 2. The molecule has 15 heteroatoms. The van der Waals surface area contributed by atoms with Crippen molar-refractivity contribution >= 4 is 17.0 Å². The van der Waals surface area contributed by atoms with Crippen LogP contribution in [0.15, 0.2) is 83.9 Å². The maximum Gasteiger partial charge on any atom is 0.350 e. The zero-order valence-corrected chi connectivity index (χ0v) is 22.5. The standard InChI is InChI=1S/C28H23F2N11O2/c29-28(30)41-36-25(35-37-41)24(18-4-2-1-3-5-18)38-10-12-39(13-11-38)27(42)22-14-19(8-9-31-22)26-34-21-15-20(6-7-23(21)43-26)40-16-32-33-17-40/h1-9,14-17,24,28H,10-13H2. The fourth-order valence-corrected chi connectivity index (χ4v) is 5.15. The summed E-state index contributed by atoms with van der Waals surface area (Å²) in [7, 11) is 0. The fourth-order valence-electron chi connectivity index (χ4n) is 5.15. The molecular weight excluding hydrogens is 560 g/mol. The van der Waals surface area contributed by atoms with Crippen LogP contribution in [0, 0.1) is 0 Å². The Morgan fingerprint density at radius 3 is 2.47 bits per heavy atom. The van der Waals surface area contributed by atoms with E-state index in [0.29, 0.717) is 53.5 Å². The van der Waals surface area contributed by atoms with Crippen molar-refractivity contribution in [2.24, 2.45) is 0 Å². The molecule has 1 unspecified atom stereocenters. The molecule has 4 aromatic heterocycles. The van der Waals surface area contributed by atoms with Gasteiger partial charge in [-0.3, -0.25) is 19.2 Å². The second-order valence-corrected chi connectivity index (χ2v) is 9.86. The number of hydrogen-bond donors (Lipinski definition) is 0. The summed E-state index contributed by atoms with van der Waals surface area (Å²) in [4.78, 5) is 26.5. The zero-order chi connectivity index (χ0) is 29.3. The van der Waals surface area contributed by atoms with E-state index in [9.17, 15) is 13.6 Å². The van der Waals surface area contributed by atoms with Gasteiger partial charge in [0, 0.05) is 37.9 Å². The Morgan fingerprint density at radius 2 is 1.72 bits per heavy atom. The van der Waals surface area contributed by atoms with Gasteiger partial charge in [-0.15, -0.1) is 20.4 Å². The molecule has 0 aliphatic carbocycles. The molecule has 5 heterocycles. The molecule has 0 bridgehead atoms. The third kappa shape index (κ3) is 5.21. The molecule has 1 fully saturated rings. The molecule has 0 spiro atoms. The normalized spacial score (nSPS) is 14.9. The van der Waals surface area contributed by atoms with Gasteiger partial charge in [-0.1, -0.05) is 35.1 Å². The number of fused-ring (bicyclic) bond motifs is 1. The predicted molar refractivity (Wildman–Crippen MR) is 147 cm³/mol. The van der Waals surface area contributed by atoms with E-state index in [1.807, 2.05) is 48.5 Å². The molecule has 0 saturated carbocycles. The smallest absolute Gasteiger partial charge is 0.350 e. The summed E-state index contributed by atoms with van der Waals surface area (Å²) in [5.41, 5.74) is 3.82. The number of amides is 1. The topological polar surface area (TPSA) is 137 Å². The van der Waals surface area contributed by atoms with Gasteiger partial charge >= 0.3 is 6.55 Å². The van der Waals surface area contributed by atoms with Crippen LogP contribution in [0.3, 0.4) is 0 Å². The van der Waals surface area contributed by atoms with Gasteiger partial charge in [0.1, 0.15) is 23.9 Å². The molecule has 7 rings (SSSR count). The van der Waals surface area contributed by atoms with Crippen LogP contribution in [0.25, 0.3) is 28.2 Å². The van der Waals surface area contributed by atoms with E-state index in [1.165, 1.54) is 0 Å². The highest BCUT2D eigenvalue weighted by atomic mass is 19.3. The Labute approximate surface area is 242 Å². The number of piperazine rings is 1. The maximum absolute atomic E-state index is 13.5. The van der Waals surface area contributed by atoms with Crippen molar-refractivity contribution in [1.82, 2.24) is 54.7 Å². The average Bonchev–Trinajstić information content (AvgIpc) is 3.83. The van der Waals surface area contributed by atoms with Crippen LogP contribution in [0.4, 0.5) is 8.78 Å². The summed E-state index contributed by atoms with van der Waals surface area (Å²) in [6, 6.07) is 17.9. The lowest BCUT2D eigenvalue weighted by molar-refractivity contribution is 0.0385. The highest BCUT2D eigenvalue weighted by Gasteiger charge is 2.32. The number of carbonyl (C=O) groups excluding carboxylic acids is 1. The van der Waals surface area contributed by atoms with E-state index in [0.717, 1.165) is 11.3 Å². The van der Waals surface area contributed by atoms with E-state index >= 15 is 0 Å². The highest BCUT2D eigenvalue weighted by molar-refractivity contribution is 5.93. The van der Waals surface area contributed by atoms with Crippen LogP contribution in [0.5, 0.6) is 0 Å². The molecule has 6 aromatic rings. The average molecular weight is 584 g/mol. The first-order chi connectivity index (χ1) is 21.0. The van der Waals surface area contributed by atoms with E-state index in [2.05, 4.69) is 40.5 Å². The molecule has 216 valence electrons. The number of nitrogens with zero attached hydrogens (tertiary/aromatic N) is 11. The third-order valence-corrected chi connectivity index (χ3v) is 7.26. The van der Waals surface area contributed by atoms with Gasteiger partial charge in [0.05, 0.1) is 11.7 Å². The monoisotopic (exact) mass is 583 g/mol. The predicted octanol–water partition coefficient (Wildman–Crippen LogP) is 3.40. The summed E-state index contributed by atoms with van der Waals surface area (Å²) < 4.78 is 34.1. The van der Waals surface area contributed by atoms with Crippen molar-refractivity contribution in [1.29, 1.82) is 0 Å². The molecule has 1 atom stereocenters. The first-order valence-corrected chi connectivity index (χ1v) is 13.4. The van der Waals surface area contributed by atoms with Crippen LogP contribution in [-0.2, 0) is 0 Å². The maximum atomic E-state index is 13.5. The van der Waals surface area contributed by atoms with Gasteiger partial charge in [0.15, 0.2) is 11.4 Å².